The highest BCUT2D eigenvalue weighted by molar-refractivity contribution is 5.82. The summed E-state index contributed by atoms with van der Waals surface area (Å²) in [6.07, 6.45) is 5.93. The minimum atomic E-state index is -0.796. The molecule has 0 aromatic carbocycles. The summed E-state index contributed by atoms with van der Waals surface area (Å²) in [6.45, 7) is 1.93. The van der Waals surface area contributed by atoms with Crippen LogP contribution < -0.4 is 0 Å². The Bertz CT molecular complexity index is 255. The SMILES string of the molecule is C/C=C/C[C@@H]1CC(=O)C[C@@H]1CC(=O)O. The van der Waals surface area contributed by atoms with Crippen molar-refractivity contribution in [1.82, 2.24) is 0 Å². The second-order valence-electron chi connectivity index (χ2n) is 3.87. The van der Waals surface area contributed by atoms with Crippen LogP contribution in [0.25, 0.3) is 0 Å². The largest absolute Gasteiger partial charge is 0.481 e. The van der Waals surface area contributed by atoms with Crippen molar-refractivity contribution in [3.05, 3.63) is 12.2 Å². The van der Waals surface area contributed by atoms with Crippen LogP contribution in [0.1, 0.15) is 32.6 Å². The van der Waals surface area contributed by atoms with E-state index in [0.29, 0.717) is 12.8 Å². The Morgan fingerprint density at radius 2 is 2.14 bits per heavy atom. The molecule has 1 fully saturated rings. The quantitative estimate of drug-likeness (QED) is 0.700. The number of carbonyl (C=O) groups is 2. The highest BCUT2D eigenvalue weighted by Gasteiger charge is 2.33. The summed E-state index contributed by atoms with van der Waals surface area (Å²) < 4.78 is 0. The van der Waals surface area contributed by atoms with Gasteiger partial charge in [0.2, 0.25) is 0 Å². The molecular weight excluding hydrogens is 180 g/mol. The normalized spacial score (nSPS) is 27.4. The van der Waals surface area contributed by atoms with E-state index in [9.17, 15) is 9.59 Å². The summed E-state index contributed by atoms with van der Waals surface area (Å²) in [4.78, 5) is 21.7. The minimum Gasteiger partial charge on any atom is -0.481 e. The Kier molecular flexibility index (Phi) is 3.86. The second-order valence-corrected chi connectivity index (χ2v) is 3.87. The molecule has 0 saturated heterocycles. The van der Waals surface area contributed by atoms with Crippen LogP contribution in [0.3, 0.4) is 0 Å². The van der Waals surface area contributed by atoms with E-state index in [4.69, 9.17) is 5.11 Å². The molecule has 0 bridgehead atoms. The van der Waals surface area contributed by atoms with Crippen molar-refractivity contribution in [3.63, 3.8) is 0 Å². The maximum absolute atomic E-state index is 11.2. The van der Waals surface area contributed by atoms with Crippen LogP contribution in [0.5, 0.6) is 0 Å². The first-order chi connectivity index (χ1) is 6.63. The third-order valence-corrected chi connectivity index (χ3v) is 2.76. The van der Waals surface area contributed by atoms with Gasteiger partial charge in [-0.15, -0.1) is 0 Å². The van der Waals surface area contributed by atoms with Gasteiger partial charge in [-0.2, -0.15) is 0 Å². The third kappa shape index (κ3) is 2.98. The maximum Gasteiger partial charge on any atom is 0.303 e. The predicted molar refractivity (Wildman–Crippen MR) is 52.9 cm³/mol. The van der Waals surface area contributed by atoms with Crippen molar-refractivity contribution in [2.75, 3.05) is 0 Å². The summed E-state index contributed by atoms with van der Waals surface area (Å²) in [5.74, 6) is -0.285. The Labute approximate surface area is 83.8 Å². The summed E-state index contributed by atoms with van der Waals surface area (Å²) >= 11 is 0. The van der Waals surface area contributed by atoms with Gasteiger partial charge in [0, 0.05) is 19.3 Å². The summed E-state index contributed by atoms with van der Waals surface area (Å²) in [6, 6.07) is 0. The van der Waals surface area contributed by atoms with Crippen molar-refractivity contribution in [2.24, 2.45) is 11.8 Å². The summed E-state index contributed by atoms with van der Waals surface area (Å²) in [7, 11) is 0. The fourth-order valence-electron chi connectivity index (χ4n) is 2.05. The van der Waals surface area contributed by atoms with Crippen LogP contribution in [-0.4, -0.2) is 16.9 Å². The predicted octanol–water partition coefficient (Wildman–Crippen LogP) is 2.02. The molecular formula is C11H16O3. The molecule has 14 heavy (non-hydrogen) atoms. The molecule has 1 aliphatic rings. The number of rotatable bonds is 4. The molecule has 0 aliphatic heterocycles. The number of carbonyl (C=O) groups excluding carboxylic acids is 1. The molecule has 0 aromatic rings. The number of carboxylic acids is 1. The molecule has 0 unspecified atom stereocenters. The highest BCUT2D eigenvalue weighted by Crippen LogP contribution is 2.34. The molecule has 0 aromatic heterocycles. The lowest BCUT2D eigenvalue weighted by atomic mass is 9.90. The fourth-order valence-corrected chi connectivity index (χ4v) is 2.05. The molecule has 3 heteroatoms. The van der Waals surface area contributed by atoms with Crippen LogP contribution in [0.15, 0.2) is 12.2 Å². The molecule has 1 saturated carbocycles. The van der Waals surface area contributed by atoms with Crippen LogP contribution in [0.4, 0.5) is 0 Å². The van der Waals surface area contributed by atoms with E-state index >= 15 is 0 Å². The molecule has 1 rings (SSSR count). The van der Waals surface area contributed by atoms with Gasteiger partial charge in [-0.1, -0.05) is 12.2 Å². The monoisotopic (exact) mass is 196 g/mol. The number of aliphatic carboxylic acids is 1. The molecule has 0 amide bonds. The Morgan fingerprint density at radius 1 is 1.50 bits per heavy atom. The third-order valence-electron chi connectivity index (χ3n) is 2.76. The molecule has 1 N–H and O–H groups in total. The van der Waals surface area contributed by atoms with Crippen molar-refractivity contribution < 1.29 is 14.7 Å². The molecule has 0 spiro atoms. The zero-order valence-electron chi connectivity index (χ0n) is 8.40. The summed E-state index contributed by atoms with van der Waals surface area (Å²) in [5.41, 5.74) is 0. The van der Waals surface area contributed by atoms with Crippen LogP contribution in [0, 0.1) is 11.8 Å². The van der Waals surface area contributed by atoms with Gasteiger partial charge in [0.05, 0.1) is 0 Å². The van der Waals surface area contributed by atoms with Gasteiger partial charge in [-0.25, -0.2) is 0 Å². The van der Waals surface area contributed by atoms with E-state index in [2.05, 4.69) is 0 Å². The average Bonchev–Trinajstić information content (AvgIpc) is 2.41. The first kappa shape index (κ1) is 11.0. The fraction of sp³-hybridized carbons (Fsp3) is 0.636. The zero-order chi connectivity index (χ0) is 10.6. The first-order valence-electron chi connectivity index (χ1n) is 4.98. The van der Waals surface area contributed by atoms with E-state index < -0.39 is 5.97 Å². The number of hydrogen-bond acceptors (Lipinski definition) is 2. The topological polar surface area (TPSA) is 54.4 Å². The van der Waals surface area contributed by atoms with E-state index in [1.165, 1.54) is 0 Å². The van der Waals surface area contributed by atoms with Crippen LogP contribution >= 0.6 is 0 Å². The van der Waals surface area contributed by atoms with Gasteiger partial charge in [-0.3, -0.25) is 9.59 Å². The van der Waals surface area contributed by atoms with Gasteiger partial charge >= 0.3 is 5.97 Å². The smallest absolute Gasteiger partial charge is 0.303 e. The number of allylic oxidation sites excluding steroid dienone is 2. The lowest BCUT2D eigenvalue weighted by Gasteiger charge is -2.14. The van der Waals surface area contributed by atoms with E-state index in [0.717, 1.165) is 6.42 Å². The standard InChI is InChI=1S/C11H16O3/c1-2-3-4-8-5-10(12)6-9(8)7-11(13)14/h2-3,8-9H,4-7H2,1H3,(H,13,14)/b3-2+/t8-,9-/m1/s1. The van der Waals surface area contributed by atoms with E-state index in [-0.39, 0.29) is 24.0 Å². The molecule has 78 valence electrons. The van der Waals surface area contributed by atoms with Crippen molar-refractivity contribution in [2.45, 2.75) is 32.6 Å². The summed E-state index contributed by atoms with van der Waals surface area (Å²) in [5, 5.41) is 8.67. The number of hydrogen-bond donors (Lipinski definition) is 1. The van der Waals surface area contributed by atoms with Crippen molar-refractivity contribution in [3.8, 4) is 0 Å². The molecule has 0 radical (unpaired) electrons. The number of carboxylic acid groups (broad SMARTS) is 1. The van der Waals surface area contributed by atoms with Gasteiger partial charge in [0.25, 0.3) is 0 Å². The number of Topliss-reactive ketones (excluding diaryl/α,β-unsaturated/α-hetero) is 1. The van der Waals surface area contributed by atoms with E-state index in [1.54, 1.807) is 0 Å². The molecule has 1 aliphatic carbocycles. The molecule has 2 atom stereocenters. The Balaban J connectivity index is 2.53. The zero-order valence-corrected chi connectivity index (χ0v) is 8.40. The first-order valence-corrected chi connectivity index (χ1v) is 4.98. The average molecular weight is 196 g/mol. The lowest BCUT2D eigenvalue weighted by Crippen LogP contribution is -2.12. The maximum atomic E-state index is 11.2. The van der Waals surface area contributed by atoms with E-state index in [1.807, 2.05) is 19.1 Å². The van der Waals surface area contributed by atoms with Gasteiger partial charge in [0.15, 0.2) is 0 Å². The molecule has 3 nitrogen and oxygen atoms in total. The highest BCUT2D eigenvalue weighted by atomic mass is 16.4. The minimum absolute atomic E-state index is 0.0520. The van der Waals surface area contributed by atoms with Crippen LogP contribution in [-0.2, 0) is 9.59 Å². The van der Waals surface area contributed by atoms with Gasteiger partial charge < -0.3 is 5.11 Å². The van der Waals surface area contributed by atoms with Crippen molar-refractivity contribution >= 4 is 11.8 Å². The Morgan fingerprint density at radius 3 is 2.71 bits per heavy atom. The second kappa shape index (κ2) is 4.94. The van der Waals surface area contributed by atoms with Gasteiger partial charge in [-0.05, 0) is 25.2 Å². The van der Waals surface area contributed by atoms with Crippen LogP contribution in [0.2, 0.25) is 0 Å². The molecule has 0 heterocycles. The Hall–Kier alpha value is -1.12. The number of ketones is 1. The van der Waals surface area contributed by atoms with Gasteiger partial charge in [0.1, 0.15) is 5.78 Å². The lowest BCUT2D eigenvalue weighted by molar-refractivity contribution is -0.138. The van der Waals surface area contributed by atoms with Crippen molar-refractivity contribution in [1.29, 1.82) is 0 Å².